The summed E-state index contributed by atoms with van der Waals surface area (Å²) in [6.07, 6.45) is 2.59. The van der Waals surface area contributed by atoms with Crippen LogP contribution in [0.15, 0.2) is 41.6 Å². The molecule has 1 heterocycles. The molecule has 13 heteroatoms. The molecule has 0 radical (unpaired) electrons. The molecule has 0 fully saturated rings. The van der Waals surface area contributed by atoms with E-state index in [0.717, 1.165) is 12.4 Å². The smallest absolute Gasteiger partial charge is 0.338 e. The van der Waals surface area contributed by atoms with Crippen molar-refractivity contribution in [2.45, 2.75) is 63.2 Å². The first kappa shape index (κ1) is 31.3. The lowest BCUT2D eigenvalue weighted by Gasteiger charge is -2.34. The second kappa shape index (κ2) is 12.5. The number of ether oxygens (including phenoxy) is 2. The summed E-state index contributed by atoms with van der Waals surface area (Å²) in [5.41, 5.74) is 0.873. The van der Waals surface area contributed by atoms with Crippen LogP contribution in [0.25, 0.3) is 0 Å². The summed E-state index contributed by atoms with van der Waals surface area (Å²) in [4.78, 5) is 31.3. The van der Waals surface area contributed by atoms with Gasteiger partial charge in [-0.05, 0) is 66.2 Å². The maximum Gasteiger partial charge on any atom is 0.338 e. The fourth-order valence-corrected chi connectivity index (χ4v) is 4.12. The van der Waals surface area contributed by atoms with E-state index in [1.54, 1.807) is 24.3 Å². The van der Waals surface area contributed by atoms with Crippen molar-refractivity contribution in [1.82, 2.24) is 16.1 Å². The largest absolute Gasteiger partial charge is 0.492 e. The molecule has 36 heavy (non-hydrogen) atoms. The van der Waals surface area contributed by atoms with Crippen LogP contribution in [0.4, 0.5) is 5.95 Å². The Bertz CT molecular complexity index is 1070. The Labute approximate surface area is 219 Å². The number of aromatic carboxylic acids is 1. The molecule has 2 unspecified atom stereocenters. The van der Waals surface area contributed by atoms with Gasteiger partial charge in [0.25, 0.3) is 0 Å². The number of carboxylic acids is 1. The molecule has 0 aliphatic rings. The normalized spacial score (nSPS) is 14.1. The van der Waals surface area contributed by atoms with Gasteiger partial charge in [0.15, 0.2) is 0 Å². The van der Waals surface area contributed by atoms with Crippen molar-refractivity contribution < 1.29 is 32.7 Å². The number of carbonyl (C=O) groups excluding carboxylic acids is 1. The van der Waals surface area contributed by atoms with Crippen LogP contribution in [-0.2, 0) is 24.9 Å². The number of benzene rings is 1. The number of thiol groups is 1. The number of anilines is 1. The Morgan fingerprint density at radius 2 is 1.72 bits per heavy atom. The average Bonchev–Trinajstić information content (AvgIpc) is 2.75. The van der Waals surface area contributed by atoms with E-state index < -0.39 is 32.8 Å². The van der Waals surface area contributed by atoms with Crippen LogP contribution in [0, 0.1) is 5.41 Å². The first-order valence-electron chi connectivity index (χ1n) is 10.7. The highest BCUT2D eigenvalue weighted by Gasteiger charge is 2.38. The summed E-state index contributed by atoms with van der Waals surface area (Å²) in [5.74, 6) is -1.08. The average molecular weight is 543 g/mol. The molecule has 0 saturated carbocycles. The molecule has 0 amide bonds. The molecular formula is C23H34N4O7S2. The molecule has 0 saturated heterocycles. The van der Waals surface area contributed by atoms with E-state index >= 15 is 0 Å². The monoisotopic (exact) mass is 542 g/mol. The van der Waals surface area contributed by atoms with Gasteiger partial charge < -0.3 is 20.7 Å². The first-order valence-corrected chi connectivity index (χ1v) is 12.2. The predicted molar refractivity (Wildman–Crippen MR) is 139 cm³/mol. The quantitative estimate of drug-likeness (QED) is 0.182. The summed E-state index contributed by atoms with van der Waals surface area (Å²) in [5, 5.41) is 8.87. The van der Waals surface area contributed by atoms with Crippen molar-refractivity contribution in [2.24, 2.45) is 5.41 Å². The minimum absolute atomic E-state index is 0. The number of nitrogens with zero attached hydrogens (tertiary/aromatic N) is 2. The third-order valence-corrected chi connectivity index (χ3v) is 5.59. The summed E-state index contributed by atoms with van der Waals surface area (Å²) in [7, 11) is 0. The minimum atomic E-state index is -1.93. The van der Waals surface area contributed by atoms with Gasteiger partial charge in [0.05, 0.1) is 15.9 Å². The topological polar surface area (TPSA) is 172 Å². The molecule has 200 valence electrons. The molecule has 11 nitrogen and oxygen atoms in total. The van der Waals surface area contributed by atoms with Crippen LogP contribution in [0.2, 0.25) is 0 Å². The van der Waals surface area contributed by atoms with Crippen molar-refractivity contribution in [3.63, 3.8) is 0 Å². The van der Waals surface area contributed by atoms with Gasteiger partial charge >= 0.3 is 11.9 Å². The van der Waals surface area contributed by atoms with Gasteiger partial charge in [-0.15, -0.1) is 0 Å². The molecule has 2 aromatic rings. The van der Waals surface area contributed by atoms with Crippen molar-refractivity contribution in [3.8, 4) is 5.75 Å². The van der Waals surface area contributed by atoms with Gasteiger partial charge in [0.2, 0.25) is 17.0 Å². The number of nitrogens with one attached hydrogen (secondary N) is 1. The van der Waals surface area contributed by atoms with Gasteiger partial charge in [0, 0.05) is 17.1 Å². The Morgan fingerprint density at radius 3 is 2.28 bits per heavy atom. The Kier molecular flexibility index (Phi) is 10.8. The van der Waals surface area contributed by atoms with E-state index in [-0.39, 0.29) is 30.2 Å². The molecule has 1 aromatic carbocycles. The lowest BCUT2D eigenvalue weighted by Crippen LogP contribution is -2.40. The lowest BCUT2D eigenvalue weighted by atomic mass is 9.83. The molecular weight excluding hydrogens is 508 g/mol. The van der Waals surface area contributed by atoms with E-state index in [1.807, 2.05) is 41.5 Å². The van der Waals surface area contributed by atoms with Crippen LogP contribution in [0.3, 0.4) is 0 Å². The van der Waals surface area contributed by atoms with Crippen LogP contribution in [0.5, 0.6) is 5.75 Å². The van der Waals surface area contributed by atoms with Crippen LogP contribution in [-0.4, -0.2) is 48.2 Å². The maximum atomic E-state index is 12.6. The second-order valence-electron chi connectivity index (χ2n) is 9.84. The molecule has 0 aliphatic heterocycles. The fraction of sp³-hybridized carbons (Fsp3) is 0.478. The lowest BCUT2D eigenvalue weighted by molar-refractivity contribution is -0.166. The Balaban J connectivity index is 0.00000648. The van der Waals surface area contributed by atoms with E-state index in [2.05, 4.69) is 15.4 Å². The number of aromatic nitrogens is 2. The van der Waals surface area contributed by atoms with Crippen LogP contribution < -0.4 is 16.4 Å². The van der Waals surface area contributed by atoms with Crippen molar-refractivity contribution in [1.29, 1.82) is 0 Å². The molecule has 2 atom stereocenters. The standard InChI is InChI=1S/C23H31N3O7S2.H3N/c1-21(2,3)32-19(29)22(4,5)13-23(6,34)14-31-16-8-7-9-17(10-16)35(30)33-26-20-24-11-15(12-25-20)18(27)28;/h7-12,34H,13-14H2,1-6H3,(H,27,28)(H,24,25,26);1H3. The summed E-state index contributed by atoms with van der Waals surface area (Å²) in [6, 6.07) is 6.49. The van der Waals surface area contributed by atoms with E-state index in [1.165, 1.54) is 0 Å². The zero-order valence-electron chi connectivity index (χ0n) is 21.2. The highest BCUT2D eigenvalue weighted by molar-refractivity contribution is 7.81. The molecule has 1 aromatic heterocycles. The Morgan fingerprint density at radius 1 is 1.11 bits per heavy atom. The molecule has 0 bridgehead atoms. The van der Waals surface area contributed by atoms with Crippen molar-refractivity contribution >= 4 is 41.6 Å². The van der Waals surface area contributed by atoms with Gasteiger partial charge in [-0.3, -0.25) is 4.79 Å². The molecule has 0 aliphatic carbocycles. The van der Waals surface area contributed by atoms with Crippen molar-refractivity contribution in [2.75, 3.05) is 12.1 Å². The second-order valence-corrected chi connectivity index (χ2v) is 12.0. The van der Waals surface area contributed by atoms with Crippen LogP contribution in [0.1, 0.15) is 58.3 Å². The number of carboxylic acid groups (broad SMARTS) is 1. The zero-order chi connectivity index (χ0) is 26.4. The van der Waals surface area contributed by atoms with E-state index in [9.17, 15) is 13.8 Å². The number of carbonyl (C=O) groups is 2. The third kappa shape index (κ3) is 10.1. The maximum absolute atomic E-state index is 12.6. The number of esters is 1. The number of rotatable bonds is 11. The van der Waals surface area contributed by atoms with Crippen LogP contribution >= 0.6 is 12.6 Å². The number of hydrogen-bond acceptors (Lipinski definition) is 11. The molecule has 5 N–H and O–H groups in total. The number of hydrogen-bond donors (Lipinski definition) is 4. The van der Waals surface area contributed by atoms with E-state index in [0.29, 0.717) is 17.1 Å². The SMILES string of the molecule is CC(S)(COc1cccc(S(=O)ONc2ncc(C(=O)O)cn2)c1)CC(C)(C)C(=O)OC(C)(C)C.N. The van der Waals surface area contributed by atoms with Gasteiger partial charge in [-0.25, -0.2) is 24.5 Å². The minimum Gasteiger partial charge on any atom is -0.492 e. The van der Waals surface area contributed by atoms with E-state index in [4.69, 9.17) is 31.5 Å². The highest BCUT2D eigenvalue weighted by Crippen LogP contribution is 2.35. The molecule has 2 rings (SSSR count). The zero-order valence-corrected chi connectivity index (χ0v) is 22.9. The highest BCUT2D eigenvalue weighted by atomic mass is 32.2. The first-order chi connectivity index (χ1) is 16.1. The summed E-state index contributed by atoms with van der Waals surface area (Å²) in [6.45, 7) is 11.1. The fourth-order valence-electron chi connectivity index (χ4n) is 3.01. The van der Waals surface area contributed by atoms with Crippen molar-refractivity contribution in [3.05, 3.63) is 42.2 Å². The predicted octanol–water partition coefficient (Wildman–Crippen LogP) is 4.23. The molecule has 0 spiro atoms. The van der Waals surface area contributed by atoms with Gasteiger partial charge in [-0.2, -0.15) is 16.9 Å². The Hall–Kier alpha value is -2.74. The summed E-state index contributed by atoms with van der Waals surface area (Å²) >= 11 is 2.77. The van der Waals surface area contributed by atoms with Gasteiger partial charge in [0.1, 0.15) is 18.0 Å². The third-order valence-electron chi connectivity index (χ3n) is 4.43. The van der Waals surface area contributed by atoms with Gasteiger partial charge in [-0.1, -0.05) is 6.07 Å². The summed E-state index contributed by atoms with van der Waals surface area (Å²) < 4.78 is 28.3.